The van der Waals surface area contributed by atoms with Crippen LogP contribution in [0.5, 0.6) is 0 Å². The Labute approximate surface area is 110 Å². The van der Waals surface area contributed by atoms with Gasteiger partial charge in [-0.3, -0.25) is 4.79 Å². The molecule has 0 fully saturated rings. The molecule has 0 aliphatic carbocycles. The molecular formula is C10H14ClNO5S. The number of carbonyl (C=O) groups excluding carboxylic acids is 1. The van der Waals surface area contributed by atoms with Crippen molar-refractivity contribution >= 4 is 25.6 Å². The van der Waals surface area contributed by atoms with Gasteiger partial charge < -0.3 is 14.5 Å². The number of hydrogen-bond donors (Lipinski definition) is 1. The first-order valence-electron chi connectivity index (χ1n) is 5.27. The Morgan fingerprint density at radius 2 is 2.22 bits per heavy atom. The van der Waals surface area contributed by atoms with Crippen molar-refractivity contribution in [3.63, 3.8) is 0 Å². The van der Waals surface area contributed by atoms with Crippen molar-refractivity contribution in [3.05, 3.63) is 17.6 Å². The maximum absolute atomic E-state index is 11.6. The third kappa shape index (κ3) is 4.01. The number of nitrogens with one attached hydrogen (secondary N) is 1. The maximum atomic E-state index is 11.6. The third-order valence-corrected chi connectivity index (χ3v) is 3.52. The van der Waals surface area contributed by atoms with Crippen LogP contribution >= 0.6 is 10.7 Å². The number of carbonyl (C=O) groups is 1. The van der Waals surface area contributed by atoms with Crippen LogP contribution < -0.4 is 5.32 Å². The summed E-state index contributed by atoms with van der Waals surface area (Å²) in [5.41, 5.74) is 0. The summed E-state index contributed by atoms with van der Waals surface area (Å²) < 4.78 is 32.4. The van der Waals surface area contributed by atoms with Crippen molar-refractivity contribution in [1.29, 1.82) is 0 Å². The molecule has 18 heavy (non-hydrogen) atoms. The normalized spacial score (nSPS) is 11.5. The second-order valence-electron chi connectivity index (χ2n) is 3.42. The van der Waals surface area contributed by atoms with Gasteiger partial charge >= 0.3 is 0 Å². The lowest BCUT2D eigenvalue weighted by molar-refractivity contribution is 0.0894. The SMILES string of the molecule is CCOCCNC(=O)c1cc(S(=O)(=O)Cl)c(C)o1. The molecule has 0 spiro atoms. The summed E-state index contributed by atoms with van der Waals surface area (Å²) >= 11 is 0. The van der Waals surface area contributed by atoms with Crippen molar-refractivity contribution in [1.82, 2.24) is 5.32 Å². The second kappa shape index (κ2) is 6.21. The fourth-order valence-corrected chi connectivity index (χ4v) is 2.38. The van der Waals surface area contributed by atoms with Gasteiger partial charge in [-0.15, -0.1) is 0 Å². The molecule has 0 atom stereocenters. The molecule has 1 aromatic rings. The molecule has 0 unspecified atom stereocenters. The Hall–Kier alpha value is -1.05. The van der Waals surface area contributed by atoms with Crippen LogP contribution in [-0.2, 0) is 13.8 Å². The van der Waals surface area contributed by atoms with E-state index in [1.807, 2.05) is 6.92 Å². The van der Waals surface area contributed by atoms with Gasteiger partial charge in [0.15, 0.2) is 5.76 Å². The molecule has 1 N–H and O–H groups in total. The largest absolute Gasteiger partial charge is 0.455 e. The van der Waals surface area contributed by atoms with Crippen LogP contribution in [0.25, 0.3) is 0 Å². The number of halogens is 1. The molecule has 0 aromatic carbocycles. The van der Waals surface area contributed by atoms with E-state index in [0.29, 0.717) is 19.8 Å². The van der Waals surface area contributed by atoms with Crippen molar-refractivity contribution in [3.8, 4) is 0 Å². The van der Waals surface area contributed by atoms with E-state index in [0.717, 1.165) is 6.07 Å². The number of hydrogen-bond acceptors (Lipinski definition) is 5. The molecule has 0 radical (unpaired) electrons. The van der Waals surface area contributed by atoms with Crippen LogP contribution in [-0.4, -0.2) is 34.1 Å². The zero-order valence-corrected chi connectivity index (χ0v) is 11.6. The Bertz CT molecular complexity index is 522. The van der Waals surface area contributed by atoms with E-state index < -0.39 is 15.0 Å². The molecule has 0 saturated heterocycles. The average Bonchev–Trinajstić information content (AvgIpc) is 2.66. The highest BCUT2D eigenvalue weighted by Crippen LogP contribution is 2.23. The molecular weight excluding hydrogens is 282 g/mol. The van der Waals surface area contributed by atoms with Crippen LogP contribution in [0.1, 0.15) is 23.2 Å². The lowest BCUT2D eigenvalue weighted by atomic mass is 10.4. The number of ether oxygens (including phenoxy) is 1. The molecule has 0 aliphatic heterocycles. The summed E-state index contributed by atoms with van der Waals surface area (Å²) in [6, 6.07) is 1.10. The summed E-state index contributed by atoms with van der Waals surface area (Å²) in [5, 5.41) is 2.53. The second-order valence-corrected chi connectivity index (χ2v) is 5.96. The molecule has 6 nitrogen and oxygen atoms in total. The predicted molar refractivity (Wildman–Crippen MR) is 65.3 cm³/mol. The van der Waals surface area contributed by atoms with E-state index in [1.165, 1.54) is 6.92 Å². The van der Waals surface area contributed by atoms with Gasteiger partial charge in [0, 0.05) is 29.9 Å². The van der Waals surface area contributed by atoms with E-state index in [2.05, 4.69) is 5.32 Å². The van der Waals surface area contributed by atoms with Gasteiger partial charge in [0.2, 0.25) is 0 Å². The Kier molecular flexibility index (Phi) is 5.18. The predicted octanol–water partition coefficient (Wildman–Crippen LogP) is 1.28. The van der Waals surface area contributed by atoms with E-state index in [4.69, 9.17) is 19.8 Å². The highest BCUT2D eigenvalue weighted by Gasteiger charge is 2.21. The summed E-state index contributed by atoms with van der Waals surface area (Å²) in [5.74, 6) is -0.521. The van der Waals surface area contributed by atoms with Gasteiger partial charge in [0.1, 0.15) is 10.7 Å². The van der Waals surface area contributed by atoms with Crippen LogP contribution in [0.3, 0.4) is 0 Å². The first-order valence-corrected chi connectivity index (χ1v) is 7.58. The quantitative estimate of drug-likeness (QED) is 0.631. The molecule has 1 aromatic heterocycles. The molecule has 0 aliphatic rings. The first-order chi connectivity index (χ1) is 8.36. The Balaban J connectivity index is 2.71. The van der Waals surface area contributed by atoms with E-state index in [9.17, 15) is 13.2 Å². The highest BCUT2D eigenvalue weighted by molar-refractivity contribution is 8.13. The van der Waals surface area contributed by atoms with Crippen molar-refractivity contribution in [2.45, 2.75) is 18.7 Å². The van der Waals surface area contributed by atoms with Crippen LogP contribution in [0.15, 0.2) is 15.4 Å². The molecule has 1 amide bonds. The monoisotopic (exact) mass is 295 g/mol. The lowest BCUT2D eigenvalue weighted by Crippen LogP contribution is -2.26. The summed E-state index contributed by atoms with van der Waals surface area (Å²) in [6.07, 6.45) is 0. The van der Waals surface area contributed by atoms with E-state index in [-0.39, 0.29) is 16.4 Å². The Morgan fingerprint density at radius 1 is 1.56 bits per heavy atom. The van der Waals surface area contributed by atoms with Crippen LogP contribution in [0.2, 0.25) is 0 Å². The zero-order valence-electron chi connectivity index (χ0n) is 10.0. The van der Waals surface area contributed by atoms with Gasteiger partial charge in [-0.25, -0.2) is 8.42 Å². The third-order valence-electron chi connectivity index (χ3n) is 2.09. The minimum Gasteiger partial charge on any atom is -0.455 e. The summed E-state index contributed by atoms with van der Waals surface area (Å²) in [7, 11) is 1.29. The standard InChI is InChI=1S/C10H14ClNO5S/c1-3-16-5-4-12-10(13)8-6-9(7(2)17-8)18(11,14)15/h6H,3-5H2,1-2H3,(H,12,13). The minimum atomic E-state index is -3.90. The molecule has 1 rings (SSSR count). The minimum absolute atomic E-state index is 0.0833. The van der Waals surface area contributed by atoms with Crippen LogP contribution in [0, 0.1) is 6.92 Å². The topological polar surface area (TPSA) is 85.6 Å². The van der Waals surface area contributed by atoms with Gasteiger partial charge in [-0.05, 0) is 13.8 Å². The summed E-state index contributed by atoms with van der Waals surface area (Å²) in [6.45, 7) is 4.52. The number of rotatable bonds is 6. The maximum Gasteiger partial charge on any atom is 0.287 e. The molecule has 102 valence electrons. The molecule has 8 heteroatoms. The van der Waals surface area contributed by atoms with Gasteiger partial charge in [-0.1, -0.05) is 0 Å². The average molecular weight is 296 g/mol. The fraction of sp³-hybridized carbons (Fsp3) is 0.500. The van der Waals surface area contributed by atoms with Crippen molar-refractivity contribution in [2.24, 2.45) is 0 Å². The smallest absolute Gasteiger partial charge is 0.287 e. The molecule has 0 saturated carbocycles. The number of aryl methyl sites for hydroxylation is 1. The Morgan fingerprint density at radius 3 is 2.72 bits per heavy atom. The summed E-state index contributed by atoms with van der Waals surface area (Å²) in [4.78, 5) is 11.4. The molecule has 0 bridgehead atoms. The zero-order chi connectivity index (χ0) is 13.8. The first kappa shape index (κ1) is 15.0. The van der Waals surface area contributed by atoms with Crippen molar-refractivity contribution < 1.29 is 22.4 Å². The van der Waals surface area contributed by atoms with Gasteiger partial charge in [0.25, 0.3) is 15.0 Å². The van der Waals surface area contributed by atoms with Crippen molar-refractivity contribution in [2.75, 3.05) is 19.8 Å². The number of amides is 1. The van der Waals surface area contributed by atoms with Crippen LogP contribution in [0.4, 0.5) is 0 Å². The van der Waals surface area contributed by atoms with Gasteiger partial charge in [0.05, 0.1) is 6.61 Å². The fourth-order valence-electron chi connectivity index (χ4n) is 1.29. The number of furan rings is 1. The molecule has 1 heterocycles. The lowest BCUT2D eigenvalue weighted by Gasteiger charge is -2.02. The van der Waals surface area contributed by atoms with Gasteiger partial charge in [-0.2, -0.15) is 0 Å². The highest BCUT2D eigenvalue weighted by atomic mass is 35.7. The van der Waals surface area contributed by atoms with E-state index >= 15 is 0 Å². The van der Waals surface area contributed by atoms with E-state index in [1.54, 1.807) is 0 Å².